The molecule has 18 heavy (non-hydrogen) atoms. The number of ether oxygens (including phenoxy) is 1. The number of rotatable bonds is 2. The molecule has 0 unspecified atom stereocenters. The first-order chi connectivity index (χ1) is 8.76. The Kier molecular flexibility index (Phi) is 2.56. The van der Waals surface area contributed by atoms with Crippen LogP contribution in [0.25, 0.3) is 22.2 Å². The quantitative estimate of drug-likeness (QED) is 0.716. The van der Waals surface area contributed by atoms with Gasteiger partial charge in [-0.2, -0.15) is 0 Å². The number of H-pyrrole nitrogens is 1. The maximum atomic E-state index is 5.16. The van der Waals surface area contributed by atoms with Crippen LogP contribution >= 0.6 is 0 Å². The molecule has 1 heterocycles. The number of methoxy groups -OCH3 is 1. The highest BCUT2D eigenvalue weighted by atomic mass is 16.5. The Morgan fingerprint density at radius 1 is 1.06 bits per heavy atom. The SMILES string of the molecule is COc1ccc(-c2[c]c3cc(C)ccc3[nH]2)cc1. The van der Waals surface area contributed by atoms with Crippen molar-refractivity contribution in [2.75, 3.05) is 7.11 Å². The Hall–Kier alpha value is -2.22. The first-order valence-electron chi connectivity index (χ1n) is 5.92. The molecule has 1 aromatic heterocycles. The molecule has 0 spiro atoms. The maximum Gasteiger partial charge on any atom is 0.118 e. The van der Waals surface area contributed by atoms with E-state index in [-0.39, 0.29) is 0 Å². The van der Waals surface area contributed by atoms with E-state index in [9.17, 15) is 0 Å². The van der Waals surface area contributed by atoms with Gasteiger partial charge in [0.15, 0.2) is 0 Å². The van der Waals surface area contributed by atoms with Crippen LogP contribution in [-0.2, 0) is 0 Å². The number of nitrogens with one attached hydrogen (secondary N) is 1. The van der Waals surface area contributed by atoms with Crippen molar-refractivity contribution in [1.82, 2.24) is 4.98 Å². The highest BCUT2D eigenvalue weighted by Gasteiger charge is 2.04. The predicted molar refractivity (Wildman–Crippen MR) is 73.9 cm³/mol. The average molecular weight is 236 g/mol. The minimum Gasteiger partial charge on any atom is -0.497 e. The van der Waals surface area contributed by atoms with Crippen LogP contribution in [0, 0.1) is 13.0 Å². The van der Waals surface area contributed by atoms with Crippen LogP contribution < -0.4 is 4.74 Å². The molecule has 0 saturated heterocycles. The van der Waals surface area contributed by atoms with Crippen molar-refractivity contribution in [3.05, 3.63) is 54.1 Å². The molecule has 2 nitrogen and oxygen atoms in total. The third kappa shape index (κ3) is 1.86. The number of hydrogen-bond donors (Lipinski definition) is 1. The van der Waals surface area contributed by atoms with Crippen LogP contribution in [0.5, 0.6) is 5.75 Å². The molecule has 89 valence electrons. The highest BCUT2D eigenvalue weighted by molar-refractivity contribution is 5.85. The molecule has 0 aliphatic rings. The predicted octanol–water partition coefficient (Wildman–Crippen LogP) is 3.95. The van der Waals surface area contributed by atoms with E-state index in [1.807, 2.05) is 24.3 Å². The van der Waals surface area contributed by atoms with Crippen LogP contribution in [0.1, 0.15) is 5.56 Å². The van der Waals surface area contributed by atoms with Crippen molar-refractivity contribution < 1.29 is 4.74 Å². The molecular formula is C16H14NO. The summed E-state index contributed by atoms with van der Waals surface area (Å²) >= 11 is 0. The second-order valence-electron chi connectivity index (χ2n) is 4.40. The summed E-state index contributed by atoms with van der Waals surface area (Å²) in [4.78, 5) is 3.38. The minimum absolute atomic E-state index is 0.866. The monoisotopic (exact) mass is 236 g/mol. The van der Waals surface area contributed by atoms with Gasteiger partial charge in [-0.15, -0.1) is 0 Å². The molecular weight excluding hydrogens is 222 g/mol. The van der Waals surface area contributed by atoms with Crippen LogP contribution in [0.4, 0.5) is 0 Å². The third-order valence-electron chi connectivity index (χ3n) is 3.07. The fourth-order valence-electron chi connectivity index (χ4n) is 2.07. The van der Waals surface area contributed by atoms with E-state index in [1.54, 1.807) is 7.11 Å². The Balaban J connectivity index is 2.07. The summed E-state index contributed by atoms with van der Waals surface area (Å²) in [6.45, 7) is 2.09. The Morgan fingerprint density at radius 3 is 2.56 bits per heavy atom. The summed E-state index contributed by atoms with van der Waals surface area (Å²) in [5, 5.41) is 1.13. The highest BCUT2D eigenvalue weighted by Crippen LogP contribution is 2.25. The van der Waals surface area contributed by atoms with Gasteiger partial charge in [0.2, 0.25) is 0 Å². The normalized spacial score (nSPS) is 10.8. The van der Waals surface area contributed by atoms with E-state index >= 15 is 0 Å². The molecule has 0 atom stereocenters. The molecule has 2 aromatic carbocycles. The summed E-state index contributed by atoms with van der Waals surface area (Å²) < 4.78 is 5.16. The van der Waals surface area contributed by atoms with Crippen molar-refractivity contribution in [3.8, 4) is 17.0 Å². The molecule has 0 bridgehead atoms. The topological polar surface area (TPSA) is 25.0 Å². The van der Waals surface area contributed by atoms with Gasteiger partial charge in [0.25, 0.3) is 0 Å². The molecule has 0 fully saturated rings. The van der Waals surface area contributed by atoms with Crippen molar-refractivity contribution in [2.24, 2.45) is 0 Å². The molecule has 1 N–H and O–H groups in total. The lowest BCUT2D eigenvalue weighted by molar-refractivity contribution is 0.415. The van der Waals surface area contributed by atoms with Crippen molar-refractivity contribution in [2.45, 2.75) is 6.92 Å². The molecule has 0 amide bonds. The van der Waals surface area contributed by atoms with Gasteiger partial charge in [-0.1, -0.05) is 11.6 Å². The van der Waals surface area contributed by atoms with Gasteiger partial charge in [-0.3, -0.25) is 0 Å². The molecule has 3 rings (SSSR count). The largest absolute Gasteiger partial charge is 0.497 e. The summed E-state index contributed by atoms with van der Waals surface area (Å²) in [7, 11) is 1.67. The molecule has 2 heteroatoms. The molecule has 0 aliphatic carbocycles. The standard InChI is InChI=1S/C16H14NO/c1-11-3-8-15-13(9-11)10-16(17-15)12-4-6-14(18-2)7-5-12/h3-9,17H,1-2H3. The van der Waals surface area contributed by atoms with Crippen LogP contribution in [0.3, 0.4) is 0 Å². The molecule has 0 aliphatic heterocycles. The zero-order chi connectivity index (χ0) is 12.5. The van der Waals surface area contributed by atoms with E-state index in [2.05, 4.69) is 36.2 Å². The molecule has 3 aromatic rings. The first-order valence-corrected chi connectivity index (χ1v) is 5.92. The number of hydrogen-bond acceptors (Lipinski definition) is 1. The summed E-state index contributed by atoms with van der Waals surface area (Å²) in [5.41, 5.74) is 4.49. The van der Waals surface area contributed by atoms with E-state index < -0.39 is 0 Å². The van der Waals surface area contributed by atoms with E-state index in [0.29, 0.717) is 0 Å². The zero-order valence-corrected chi connectivity index (χ0v) is 10.4. The first kappa shape index (κ1) is 10.9. The second-order valence-corrected chi connectivity index (χ2v) is 4.40. The Morgan fingerprint density at radius 2 is 1.83 bits per heavy atom. The average Bonchev–Trinajstić information content (AvgIpc) is 2.81. The van der Waals surface area contributed by atoms with Crippen LogP contribution in [0.15, 0.2) is 42.5 Å². The van der Waals surface area contributed by atoms with E-state index in [1.165, 1.54) is 5.56 Å². The van der Waals surface area contributed by atoms with Gasteiger partial charge >= 0.3 is 0 Å². The lowest BCUT2D eigenvalue weighted by Crippen LogP contribution is -1.82. The van der Waals surface area contributed by atoms with Gasteiger partial charge in [-0.25, -0.2) is 0 Å². The second kappa shape index (κ2) is 4.22. The number of aromatic amines is 1. The Labute approximate surface area is 106 Å². The lowest BCUT2D eigenvalue weighted by atomic mass is 10.1. The zero-order valence-electron chi connectivity index (χ0n) is 10.4. The minimum atomic E-state index is 0.866. The third-order valence-corrected chi connectivity index (χ3v) is 3.07. The van der Waals surface area contributed by atoms with Gasteiger partial charge in [0, 0.05) is 17.0 Å². The summed E-state index contributed by atoms with van der Waals surface area (Å²) in [6, 6.07) is 17.7. The summed E-state index contributed by atoms with van der Waals surface area (Å²) in [6.07, 6.45) is 0. The number of aryl methyl sites for hydroxylation is 1. The molecule has 0 saturated carbocycles. The number of benzene rings is 2. The van der Waals surface area contributed by atoms with Gasteiger partial charge < -0.3 is 9.72 Å². The van der Waals surface area contributed by atoms with Crippen LogP contribution in [0.2, 0.25) is 0 Å². The fraction of sp³-hybridized carbons (Fsp3) is 0.125. The van der Waals surface area contributed by atoms with Gasteiger partial charge in [0.1, 0.15) is 5.75 Å². The van der Waals surface area contributed by atoms with Crippen molar-refractivity contribution in [3.63, 3.8) is 0 Å². The van der Waals surface area contributed by atoms with E-state index in [4.69, 9.17) is 4.74 Å². The number of aromatic nitrogens is 1. The van der Waals surface area contributed by atoms with Gasteiger partial charge in [-0.05, 0) is 48.9 Å². The number of fused-ring (bicyclic) bond motifs is 1. The smallest absolute Gasteiger partial charge is 0.118 e. The lowest BCUT2D eigenvalue weighted by Gasteiger charge is -2.00. The maximum absolute atomic E-state index is 5.16. The van der Waals surface area contributed by atoms with Gasteiger partial charge in [0.05, 0.1) is 12.8 Å². The fourth-order valence-corrected chi connectivity index (χ4v) is 2.07. The summed E-state index contributed by atoms with van der Waals surface area (Å²) in [5.74, 6) is 0.866. The Bertz CT molecular complexity index is 680. The van der Waals surface area contributed by atoms with Crippen LogP contribution in [-0.4, -0.2) is 12.1 Å². The van der Waals surface area contributed by atoms with E-state index in [0.717, 1.165) is 27.9 Å². The van der Waals surface area contributed by atoms with Crippen molar-refractivity contribution >= 4 is 10.9 Å². The molecule has 1 radical (unpaired) electrons. The van der Waals surface area contributed by atoms with Crippen molar-refractivity contribution in [1.29, 1.82) is 0 Å².